The Bertz CT molecular complexity index is 978. The number of carbonyl (C=O) groups is 4. The molecular formula is C25H27N3O4. The number of hydrogen-bond acceptors (Lipinski definition) is 4. The summed E-state index contributed by atoms with van der Waals surface area (Å²) in [6.45, 7) is 1.49. The Balaban J connectivity index is 1.16. The number of fused-ring (bicyclic) bond motifs is 1. The first-order valence-electron chi connectivity index (χ1n) is 11.1. The Morgan fingerprint density at radius 3 is 2.09 bits per heavy atom. The van der Waals surface area contributed by atoms with Crippen LogP contribution in [-0.2, 0) is 16.0 Å². The topological polar surface area (TPSA) is 86.8 Å². The van der Waals surface area contributed by atoms with Gasteiger partial charge in [-0.3, -0.25) is 24.1 Å². The highest BCUT2D eigenvalue weighted by Gasteiger charge is 2.34. The Kier molecular flexibility index (Phi) is 6.63. The van der Waals surface area contributed by atoms with E-state index in [-0.39, 0.29) is 42.6 Å². The molecule has 4 amide bonds. The van der Waals surface area contributed by atoms with Crippen molar-refractivity contribution in [2.45, 2.75) is 38.1 Å². The second kappa shape index (κ2) is 9.77. The molecule has 0 radical (unpaired) electrons. The number of hydrogen-bond donors (Lipinski definition) is 1. The summed E-state index contributed by atoms with van der Waals surface area (Å²) in [6, 6.07) is 16.5. The molecule has 0 atom stereocenters. The third kappa shape index (κ3) is 4.88. The fourth-order valence-electron chi connectivity index (χ4n) is 4.30. The lowest BCUT2D eigenvalue weighted by Gasteiger charge is -2.32. The first-order chi connectivity index (χ1) is 15.5. The van der Waals surface area contributed by atoms with Gasteiger partial charge in [0.2, 0.25) is 11.8 Å². The van der Waals surface area contributed by atoms with Crippen LogP contribution < -0.4 is 5.32 Å². The number of benzene rings is 2. The molecule has 2 aromatic rings. The summed E-state index contributed by atoms with van der Waals surface area (Å²) in [5.41, 5.74) is 1.86. The van der Waals surface area contributed by atoms with Crippen molar-refractivity contribution in [3.05, 3.63) is 71.3 Å². The van der Waals surface area contributed by atoms with Crippen LogP contribution in [0.3, 0.4) is 0 Å². The summed E-state index contributed by atoms with van der Waals surface area (Å²) >= 11 is 0. The van der Waals surface area contributed by atoms with Crippen LogP contribution >= 0.6 is 0 Å². The minimum atomic E-state index is -0.293. The standard InChI is InChI=1S/C25H27N3O4/c29-22(11-6-14-28-24(31)20-9-4-5-10-21(20)25(28)32)26-19-12-15-27(16-13-19)23(30)17-18-7-2-1-3-8-18/h1-5,7-10,19H,6,11-17H2,(H,26,29). The summed E-state index contributed by atoms with van der Waals surface area (Å²) in [5.74, 6) is -0.560. The number of likely N-dealkylation sites (tertiary alicyclic amines) is 1. The van der Waals surface area contributed by atoms with Crippen LogP contribution in [-0.4, -0.2) is 59.1 Å². The van der Waals surface area contributed by atoms with Gasteiger partial charge < -0.3 is 10.2 Å². The van der Waals surface area contributed by atoms with E-state index in [9.17, 15) is 19.2 Å². The van der Waals surface area contributed by atoms with Gasteiger partial charge in [0.15, 0.2) is 0 Å². The van der Waals surface area contributed by atoms with E-state index in [4.69, 9.17) is 0 Å². The van der Waals surface area contributed by atoms with Crippen molar-refractivity contribution in [2.75, 3.05) is 19.6 Å². The Morgan fingerprint density at radius 1 is 0.875 bits per heavy atom. The quantitative estimate of drug-likeness (QED) is 0.680. The van der Waals surface area contributed by atoms with E-state index in [2.05, 4.69) is 5.32 Å². The molecular weight excluding hydrogens is 406 g/mol. The lowest BCUT2D eigenvalue weighted by atomic mass is 10.0. The molecule has 0 spiro atoms. The highest BCUT2D eigenvalue weighted by molar-refractivity contribution is 6.21. The van der Waals surface area contributed by atoms with Crippen molar-refractivity contribution >= 4 is 23.6 Å². The zero-order valence-corrected chi connectivity index (χ0v) is 18.0. The zero-order valence-electron chi connectivity index (χ0n) is 18.0. The van der Waals surface area contributed by atoms with Gasteiger partial charge in [-0.1, -0.05) is 42.5 Å². The van der Waals surface area contributed by atoms with E-state index in [0.717, 1.165) is 18.4 Å². The SMILES string of the molecule is O=C(CCCN1C(=O)c2ccccc2C1=O)NC1CCN(C(=O)Cc2ccccc2)CC1. The first-order valence-corrected chi connectivity index (χ1v) is 11.1. The van der Waals surface area contributed by atoms with Crippen LogP contribution in [0.15, 0.2) is 54.6 Å². The first kappa shape index (κ1) is 21.7. The van der Waals surface area contributed by atoms with Gasteiger partial charge in [0, 0.05) is 32.1 Å². The van der Waals surface area contributed by atoms with Crippen molar-refractivity contribution < 1.29 is 19.2 Å². The van der Waals surface area contributed by atoms with Crippen molar-refractivity contribution in [3.63, 3.8) is 0 Å². The molecule has 1 saturated heterocycles. The van der Waals surface area contributed by atoms with Gasteiger partial charge in [0.25, 0.3) is 11.8 Å². The number of piperidine rings is 1. The molecule has 1 fully saturated rings. The van der Waals surface area contributed by atoms with Crippen molar-refractivity contribution in [1.82, 2.24) is 15.1 Å². The molecule has 0 bridgehead atoms. The third-order valence-electron chi connectivity index (χ3n) is 6.07. The number of nitrogens with zero attached hydrogens (tertiary/aromatic N) is 2. The molecule has 166 valence electrons. The van der Waals surface area contributed by atoms with E-state index >= 15 is 0 Å². The monoisotopic (exact) mass is 433 g/mol. The normalized spacial score (nSPS) is 16.2. The molecule has 7 heteroatoms. The molecule has 2 heterocycles. The molecule has 2 aromatic carbocycles. The summed E-state index contributed by atoms with van der Waals surface area (Å²) in [6.07, 6.45) is 2.53. The summed E-state index contributed by atoms with van der Waals surface area (Å²) < 4.78 is 0. The number of rotatable bonds is 7. The van der Waals surface area contributed by atoms with Gasteiger partial charge in [-0.2, -0.15) is 0 Å². The maximum Gasteiger partial charge on any atom is 0.261 e. The molecule has 7 nitrogen and oxygen atoms in total. The van der Waals surface area contributed by atoms with Gasteiger partial charge in [0.1, 0.15) is 0 Å². The van der Waals surface area contributed by atoms with E-state index in [1.54, 1.807) is 24.3 Å². The Morgan fingerprint density at radius 2 is 1.47 bits per heavy atom. The highest BCUT2D eigenvalue weighted by Crippen LogP contribution is 2.22. The van der Waals surface area contributed by atoms with Crippen molar-refractivity contribution in [3.8, 4) is 0 Å². The average molecular weight is 434 g/mol. The molecule has 2 aliphatic heterocycles. The second-order valence-corrected chi connectivity index (χ2v) is 8.30. The van der Waals surface area contributed by atoms with Crippen molar-refractivity contribution in [1.29, 1.82) is 0 Å². The highest BCUT2D eigenvalue weighted by atomic mass is 16.2. The summed E-state index contributed by atoms with van der Waals surface area (Å²) in [4.78, 5) is 52.6. The van der Waals surface area contributed by atoms with Crippen LogP contribution in [0, 0.1) is 0 Å². The Hall–Kier alpha value is -3.48. The molecule has 32 heavy (non-hydrogen) atoms. The van der Waals surface area contributed by atoms with E-state index in [1.807, 2.05) is 35.2 Å². The molecule has 0 unspecified atom stereocenters. The predicted octanol–water partition coefficient (Wildman–Crippen LogP) is 2.41. The number of imide groups is 1. The summed E-state index contributed by atoms with van der Waals surface area (Å²) in [7, 11) is 0. The van der Waals surface area contributed by atoms with Crippen LogP contribution in [0.5, 0.6) is 0 Å². The van der Waals surface area contributed by atoms with Crippen LogP contribution in [0.2, 0.25) is 0 Å². The molecule has 0 saturated carbocycles. The maximum absolute atomic E-state index is 12.5. The Labute approximate surface area is 187 Å². The average Bonchev–Trinajstić information content (AvgIpc) is 3.05. The number of carbonyl (C=O) groups excluding carboxylic acids is 4. The largest absolute Gasteiger partial charge is 0.353 e. The zero-order chi connectivity index (χ0) is 22.5. The van der Waals surface area contributed by atoms with Gasteiger partial charge in [-0.05, 0) is 37.0 Å². The fourth-order valence-corrected chi connectivity index (χ4v) is 4.30. The lowest BCUT2D eigenvalue weighted by Crippen LogP contribution is -2.47. The van der Waals surface area contributed by atoms with E-state index in [0.29, 0.717) is 37.1 Å². The predicted molar refractivity (Wildman–Crippen MR) is 119 cm³/mol. The van der Waals surface area contributed by atoms with Crippen LogP contribution in [0.1, 0.15) is 52.0 Å². The fraction of sp³-hybridized carbons (Fsp3) is 0.360. The van der Waals surface area contributed by atoms with Gasteiger partial charge >= 0.3 is 0 Å². The number of amides is 4. The molecule has 2 aliphatic rings. The van der Waals surface area contributed by atoms with Crippen LogP contribution in [0.4, 0.5) is 0 Å². The van der Waals surface area contributed by atoms with Gasteiger partial charge in [-0.15, -0.1) is 0 Å². The van der Waals surface area contributed by atoms with Gasteiger partial charge in [-0.25, -0.2) is 0 Å². The van der Waals surface area contributed by atoms with E-state index < -0.39 is 0 Å². The minimum absolute atomic E-state index is 0.0441. The number of nitrogens with one attached hydrogen (secondary N) is 1. The van der Waals surface area contributed by atoms with Crippen LogP contribution in [0.25, 0.3) is 0 Å². The van der Waals surface area contributed by atoms with Crippen molar-refractivity contribution in [2.24, 2.45) is 0 Å². The molecule has 1 N–H and O–H groups in total. The van der Waals surface area contributed by atoms with E-state index in [1.165, 1.54) is 4.90 Å². The minimum Gasteiger partial charge on any atom is -0.353 e. The molecule has 0 aromatic heterocycles. The third-order valence-corrected chi connectivity index (χ3v) is 6.07. The second-order valence-electron chi connectivity index (χ2n) is 8.30. The van der Waals surface area contributed by atoms with Gasteiger partial charge in [0.05, 0.1) is 17.5 Å². The lowest BCUT2D eigenvalue weighted by molar-refractivity contribution is -0.131. The molecule has 4 rings (SSSR count). The maximum atomic E-state index is 12.5. The smallest absolute Gasteiger partial charge is 0.261 e. The molecule has 0 aliphatic carbocycles. The summed E-state index contributed by atoms with van der Waals surface area (Å²) in [5, 5.41) is 3.03.